The molecule has 1 aromatic rings. The second-order valence-corrected chi connectivity index (χ2v) is 4.15. The van der Waals surface area contributed by atoms with Gasteiger partial charge in [0.05, 0.1) is 6.33 Å². The number of rotatable bonds is 6. The van der Waals surface area contributed by atoms with Gasteiger partial charge in [-0.1, -0.05) is 6.92 Å². The normalized spacial score (nSPS) is 10.3. The highest BCUT2D eigenvalue weighted by atomic mass is 127. The van der Waals surface area contributed by atoms with E-state index in [1.807, 2.05) is 22.6 Å². The standard InChI is InChI=1S/C9H15IN4O/c1-2-3-11-4-5-12-8-7(10)9(15)14-6-13-8/h6,11H,2-5H2,1H3,(H2,12,13,14,15). The van der Waals surface area contributed by atoms with E-state index in [1.54, 1.807) is 0 Å². The average molecular weight is 322 g/mol. The van der Waals surface area contributed by atoms with E-state index in [0.29, 0.717) is 9.39 Å². The van der Waals surface area contributed by atoms with E-state index in [4.69, 9.17) is 0 Å². The van der Waals surface area contributed by atoms with Crippen molar-refractivity contribution in [2.45, 2.75) is 13.3 Å². The molecule has 0 saturated heterocycles. The third-order valence-corrected chi connectivity index (χ3v) is 2.82. The number of nitrogens with zero attached hydrogens (tertiary/aromatic N) is 1. The molecule has 0 aliphatic carbocycles. The number of halogens is 1. The lowest BCUT2D eigenvalue weighted by atomic mass is 10.4. The van der Waals surface area contributed by atoms with Gasteiger partial charge in [-0.3, -0.25) is 4.79 Å². The molecule has 0 spiro atoms. The van der Waals surface area contributed by atoms with Gasteiger partial charge < -0.3 is 15.6 Å². The van der Waals surface area contributed by atoms with Crippen LogP contribution in [-0.4, -0.2) is 29.6 Å². The van der Waals surface area contributed by atoms with Crippen molar-refractivity contribution in [3.63, 3.8) is 0 Å². The third-order valence-electron chi connectivity index (χ3n) is 1.82. The van der Waals surface area contributed by atoms with Gasteiger partial charge in [-0.15, -0.1) is 0 Å². The van der Waals surface area contributed by atoms with Crippen molar-refractivity contribution in [2.24, 2.45) is 0 Å². The number of aromatic nitrogens is 2. The third kappa shape index (κ3) is 4.17. The van der Waals surface area contributed by atoms with Crippen molar-refractivity contribution >= 4 is 28.4 Å². The highest BCUT2D eigenvalue weighted by Crippen LogP contribution is 2.07. The van der Waals surface area contributed by atoms with E-state index in [1.165, 1.54) is 6.33 Å². The maximum atomic E-state index is 11.2. The van der Waals surface area contributed by atoms with Gasteiger partial charge in [0.1, 0.15) is 9.39 Å². The Morgan fingerprint density at radius 2 is 2.27 bits per heavy atom. The molecule has 6 heteroatoms. The summed E-state index contributed by atoms with van der Waals surface area (Å²) in [6.45, 7) is 4.79. The molecule has 15 heavy (non-hydrogen) atoms. The van der Waals surface area contributed by atoms with E-state index in [0.717, 1.165) is 26.1 Å². The summed E-state index contributed by atoms with van der Waals surface area (Å²) >= 11 is 1.98. The van der Waals surface area contributed by atoms with Crippen molar-refractivity contribution < 1.29 is 0 Å². The van der Waals surface area contributed by atoms with Gasteiger partial charge in [0.2, 0.25) is 0 Å². The van der Waals surface area contributed by atoms with Crippen LogP contribution in [0.15, 0.2) is 11.1 Å². The first-order chi connectivity index (χ1) is 7.25. The monoisotopic (exact) mass is 322 g/mol. The quantitative estimate of drug-likeness (QED) is 0.535. The fraction of sp³-hybridized carbons (Fsp3) is 0.556. The SMILES string of the molecule is CCCNCCNc1nc[nH]c(=O)c1I. The molecule has 5 nitrogen and oxygen atoms in total. The smallest absolute Gasteiger partial charge is 0.266 e. The molecular weight excluding hydrogens is 307 g/mol. The van der Waals surface area contributed by atoms with Crippen LogP contribution in [0.25, 0.3) is 0 Å². The molecule has 0 saturated carbocycles. The molecule has 0 unspecified atom stereocenters. The summed E-state index contributed by atoms with van der Waals surface area (Å²) in [6, 6.07) is 0. The predicted octanol–water partition coefficient (Wildman–Crippen LogP) is 0.786. The molecule has 0 amide bonds. The minimum absolute atomic E-state index is 0.102. The predicted molar refractivity (Wildman–Crippen MR) is 69.2 cm³/mol. The van der Waals surface area contributed by atoms with Crippen molar-refractivity contribution in [2.75, 3.05) is 25.0 Å². The van der Waals surface area contributed by atoms with E-state index in [2.05, 4.69) is 27.5 Å². The van der Waals surface area contributed by atoms with Crippen molar-refractivity contribution in [1.29, 1.82) is 0 Å². The Kier molecular flexibility index (Phi) is 5.62. The average Bonchev–Trinajstić information content (AvgIpc) is 2.24. The van der Waals surface area contributed by atoms with E-state index in [-0.39, 0.29) is 5.56 Å². The molecule has 84 valence electrons. The first kappa shape index (κ1) is 12.4. The second kappa shape index (κ2) is 6.78. The number of hydrogen-bond donors (Lipinski definition) is 3. The summed E-state index contributed by atoms with van der Waals surface area (Å²) in [7, 11) is 0. The second-order valence-electron chi connectivity index (χ2n) is 3.07. The van der Waals surface area contributed by atoms with Crippen molar-refractivity contribution in [3.8, 4) is 0 Å². The molecule has 0 bridgehead atoms. The Balaban J connectivity index is 2.38. The molecule has 1 aromatic heterocycles. The van der Waals surface area contributed by atoms with Crippen LogP contribution in [-0.2, 0) is 0 Å². The Bertz CT molecular complexity index is 352. The first-order valence-electron chi connectivity index (χ1n) is 4.93. The van der Waals surface area contributed by atoms with Crippen molar-refractivity contribution in [1.82, 2.24) is 15.3 Å². The largest absolute Gasteiger partial charge is 0.368 e. The van der Waals surface area contributed by atoms with Crippen LogP contribution in [0.1, 0.15) is 13.3 Å². The molecule has 0 aromatic carbocycles. The summed E-state index contributed by atoms with van der Waals surface area (Å²) in [5.74, 6) is 0.651. The lowest BCUT2D eigenvalue weighted by Gasteiger charge is -2.06. The van der Waals surface area contributed by atoms with Crippen LogP contribution >= 0.6 is 22.6 Å². The van der Waals surface area contributed by atoms with Gasteiger partial charge in [0.25, 0.3) is 5.56 Å². The van der Waals surface area contributed by atoms with E-state index >= 15 is 0 Å². The van der Waals surface area contributed by atoms with Crippen LogP contribution < -0.4 is 16.2 Å². The zero-order valence-corrected chi connectivity index (χ0v) is 10.8. The van der Waals surface area contributed by atoms with Crippen LogP contribution in [0.4, 0.5) is 5.82 Å². The minimum Gasteiger partial charge on any atom is -0.368 e. The summed E-state index contributed by atoms with van der Waals surface area (Å²) in [4.78, 5) is 17.8. The highest BCUT2D eigenvalue weighted by Gasteiger charge is 2.02. The zero-order valence-electron chi connectivity index (χ0n) is 8.64. The van der Waals surface area contributed by atoms with Crippen LogP contribution in [0, 0.1) is 3.57 Å². The molecule has 0 aliphatic heterocycles. The van der Waals surface area contributed by atoms with Crippen LogP contribution in [0.5, 0.6) is 0 Å². The highest BCUT2D eigenvalue weighted by molar-refractivity contribution is 14.1. The topological polar surface area (TPSA) is 69.8 Å². The molecule has 1 rings (SSSR count). The molecule has 1 heterocycles. The number of anilines is 1. The Labute approximate surface area is 102 Å². The van der Waals surface area contributed by atoms with Crippen LogP contribution in [0.2, 0.25) is 0 Å². The van der Waals surface area contributed by atoms with Crippen molar-refractivity contribution in [3.05, 3.63) is 20.3 Å². The lowest BCUT2D eigenvalue weighted by Crippen LogP contribution is -2.24. The summed E-state index contributed by atoms with van der Waals surface area (Å²) in [5, 5.41) is 6.37. The van der Waals surface area contributed by atoms with Gasteiger partial charge in [0, 0.05) is 13.1 Å². The molecule has 3 N–H and O–H groups in total. The summed E-state index contributed by atoms with van der Waals surface area (Å²) < 4.78 is 0.602. The van der Waals surface area contributed by atoms with Crippen LogP contribution in [0.3, 0.4) is 0 Å². The molecule has 0 radical (unpaired) electrons. The number of aromatic amines is 1. The van der Waals surface area contributed by atoms with E-state index < -0.39 is 0 Å². The Morgan fingerprint density at radius 1 is 1.47 bits per heavy atom. The maximum Gasteiger partial charge on any atom is 0.266 e. The molecule has 0 aliphatic rings. The fourth-order valence-corrected chi connectivity index (χ4v) is 1.56. The molecule has 0 atom stereocenters. The fourth-order valence-electron chi connectivity index (χ4n) is 1.08. The van der Waals surface area contributed by atoms with Gasteiger partial charge in [-0.25, -0.2) is 4.98 Å². The maximum absolute atomic E-state index is 11.2. The Hall–Kier alpha value is -0.630. The summed E-state index contributed by atoms with van der Waals surface area (Å²) in [5.41, 5.74) is -0.102. The van der Waals surface area contributed by atoms with Gasteiger partial charge in [-0.05, 0) is 35.6 Å². The van der Waals surface area contributed by atoms with E-state index in [9.17, 15) is 4.79 Å². The number of nitrogens with one attached hydrogen (secondary N) is 3. The minimum atomic E-state index is -0.102. The first-order valence-corrected chi connectivity index (χ1v) is 6.01. The molecule has 0 fully saturated rings. The van der Waals surface area contributed by atoms with Gasteiger partial charge >= 0.3 is 0 Å². The Morgan fingerprint density at radius 3 is 3.00 bits per heavy atom. The van der Waals surface area contributed by atoms with Gasteiger partial charge in [-0.2, -0.15) is 0 Å². The van der Waals surface area contributed by atoms with Gasteiger partial charge in [0.15, 0.2) is 0 Å². The molecular formula is C9H15IN4O. The lowest BCUT2D eigenvalue weighted by molar-refractivity contribution is 0.687. The number of hydrogen-bond acceptors (Lipinski definition) is 4. The number of H-pyrrole nitrogens is 1. The zero-order chi connectivity index (χ0) is 11.1. The summed E-state index contributed by atoms with van der Waals surface area (Å²) in [6.07, 6.45) is 2.53.